The average molecular weight is 262 g/mol. The van der Waals surface area contributed by atoms with Crippen LogP contribution in [0, 0.1) is 13.8 Å². The Labute approximate surface area is 111 Å². The summed E-state index contributed by atoms with van der Waals surface area (Å²) in [5, 5.41) is 1.47. The highest BCUT2D eigenvalue weighted by Gasteiger charge is 2.13. The number of benzene rings is 1. The fourth-order valence-corrected chi connectivity index (χ4v) is 2.85. The van der Waals surface area contributed by atoms with Crippen molar-refractivity contribution in [3.8, 4) is 0 Å². The Morgan fingerprint density at radius 1 is 1.22 bits per heavy atom. The van der Waals surface area contributed by atoms with E-state index in [1.165, 1.54) is 0 Å². The Morgan fingerprint density at radius 2 is 1.94 bits per heavy atom. The molecule has 3 heteroatoms. The molecular formula is C15H18O2S. The van der Waals surface area contributed by atoms with E-state index in [4.69, 9.17) is 4.42 Å². The van der Waals surface area contributed by atoms with Crippen LogP contribution in [-0.4, -0.2) is 5.75 Å². The molecule has 0 amide bonds. The number of rotatable bonds is 3. The summed E-state index contributed by atoms with van der Waals surface area (Å²) in [6, 6.07) is 4.02. The van der Waals surface area contributed by atoms with Gasteiger partial charge in [0, 0.05) is 5.56 Å². The molecule has 2 aromatic rings. The van der Waals surface area contributed by atoms with Crippen molar-refractivity contribution in [3.63, 3.8) is 0 Å². The van der Waals surface area contributed by atoms with Gasteiger partial charge in [0.2, 0.25) is 0 Å². The van der Waals surface area contributed by atoms with Crippen molar-refractivity contribution in [2.45, 2.75) is 39.2 Å². The quantitative estimate of drug-likeness (QED) is 0.781. The molecule has 0 atom stereocenters. The maximum absolute atomic E-state index is 12.4. The normalized spacial score (nSPS) is 11.1. The van der Waals surface area contributed by atoms with Gasteiger partial charge >= 0.3 is 0 Å². The summed E-state index contributed by atoms with van der Waals surface area (Å²) in [5.41, 5.74) is 3.81. The van der Waals surface area contributed by atoms with Gasteiger partial charge in [-0.05, 0) is 43.2 Å². The Hall–Kier alpha value is -1.22. The van der Waals surface area contributed by atoms with Crippen LogP contribution in [-0.2, 0) is 6.42 Å². The second-order valence-corrected chi connectivity index (χ2v) is 5.67. The van der Waals surface area contributed by atoms with Crippen LogP contribution < -0.4 is 5.43 Å². The first-order valence-corrected chi connectivity index (χ1v) is 7.26. The van der Waals surface area contributed by atoms with E-state index in [0.717, 1.165) is 39.5 Å². The fraction of sp³-hybridized carbons (Fsp3) is 0.400. The topological polar surface area (TPSA) is 30.2 Å². The van der Waals surface area contributed by atoms with Crippen LogP contribution in [0.25, 0.3) is 11.0 Å². The zero-order valence-corrected chi connectivity index (χ0v) is 12.1. The van der Waals surface area contributed by atoms with Crippen molar-refractivity contribution < 1.29 is 4.42 Å². The smallest absolute Gasteiger partial charge is 0.196 e. The van der Waals surface area contributed by atoms with E-state index in [1.54, 1.807) is 11.8 Å². The second kappa shape index (κ2) is 5.19. The number of hydrogen-bond donors (Lipinski definition) is 0. The van der Waals surface area contributed by atoms with Gasteiger partial charge in [0.25, 0.3) is 0 Å². The van der Waals surface area contributed by atoms with Gasteiger partial charge in [-0.25, -0.2) is 0 Å². The van der Waals surface area contributed by atoms with Crippen LogP contribution in [0.4, 0.5) is 0 Å². The summed E-state index contributed by atoms with van der Waals surface area (Å²) < 4.78 is 5.95. The fourth-order valence-electron chi connectivity index (χ4n) is 2.13. The van der Waals surface area contributed by atoms with Gasteiger partial charge in [-0.15, -0.1) is 0 Å². The van der Waals surface area contributed by atoms with Gasteiger partial charge in [-0.2, -0.15) is 0 Å². The largest absolute Gasteiger partial charge is 0.449 e. The third-order valence-electron chi connectivity index (χ3n) is 3.05. The molecule has 0 unspecified atom stereocenters. The van der Waals surface area contributed by atoms with E-state index in [-0.39, 0.29) is 5.43 Å². The zero-order valence-electron chi connectivity index (χ0n) is 11.3. The Morgan fingerprint density at radius 3 is 2.56 bits per heavy atom. The molecule has 0 aliphatic carbocycles. The van der Waals surface area contributed by atoms with Crippen LogP contribution in [0.5, 0.6) is 0 Å². The van der Waals surface area contributed by atoms with Crippen LogP contribution >= 0.6 is 11.8 Å². The maximum Gasteiger partial charge on any atom is 0.196 e. The Kier molecular flexibility index (Phi) is 3.81. The molecule has 2 rings (SSSR count). The standard InChI is InChI=1S/C15H18O2S/c1-5-11-7-9(3)8-12-13(16)10(4)15(18-6-2)17-14(11)12/h7-8H,5-6H2,1-4H3. The van der Waals surface area contributed by atoms with Crippen LogP contribution in [0.2, 0.25) is 0 Å². The molecule has 0 N–H and O–H groups in total. The Bertz CT molecular complexity index is 641. The van der Waals surface area contributed by atoms with E-state index in [9.17, 15) is 4.79 Å². The number of hydrogen-bond acceptors (Lipinski definition) is 3. The second-order valence-electron chi connectivity index (χ2n) is 4.43. The van der Waals surface area contributed by atoms with E-state index >= 15 is 0 Å². The van der Waals surface area contributed by atoms with E-state index in [1.807, 2.05) is 19.9 Å². The van der Waals surface area contributed by atoms with Crippen molar-refractivity contribution in [2.24, 2.45) is 0 Å². The zero-order chi connectivity index (χ0) is 13.3. The first-order chi connectivity index (χ1) is 8.58. The highest BCUT2D eigenvalue weighted by atomic mass is 32.2. The minimum absolute atomic E-state index is 0.102. The van der Waals surface area contributed by atoms with Crippen LogP contribution in [0.3, 0.4) is 0 Å². The molecule has 1 heterocycles. The number of aryl methyl sites for hydroxylation is 2. The minimum atomic E-state index is 0.102. The molecule has 2 nitrogen and oxygen atoms in total. The maximum atomic E-state index is 12.4. The molecule has 96 valence electrons. The van der Waals surface area contributed by atoms with Gasteiger partial charge in [-0.3, -0.25) is 4.79 Å². The van der Waals surface area contributed by atoms with Gasteiger partial charge in [0.1, 0.15) is 5.58 Å². The molecule has 0 bridgehead atoms. The van der Waals surface area contributed by atoms with Gasteiger partial charge in [0.05, 0.1) is 5.39 Å². The molecule has 18 heavy (non-hydrogen) atoms. The van der Waals surface area contributed by atoms with Crippen molar-refractivity contribution in [1.82, 2.24) is 0 Å². The molecule has 0 radical (unpaired) electrons. The van der Waals surface area contributed by atoms with Gasteiger partial charge in [0.15, 0.2) is 10.5 Å². The molecule has 0 spiro atoms. The predicted molar refractivity (Wildman–Crippen MR) is 77.7 cm³/mol. The molecule has 1 aromatic heterocycles. The summed E-state index contributed by atoms with van der Waals surface area (Å²) in [6.45, 7) is 8.00. The third-order valence-corrected chi connectivity index (χ3v) is 3.99. The lowest BCUT2D eigenvalue weighted by Gasteiger charge is -2.09. The summed E-state index contributed by atoms with van der Waals surface area (Å²) in [4.78, 5) is 12.4. The summed E-state index contributed by atoms with van der Waals surface area (Å²) in [7, 11) is 0. The minimum Gasteiger partial charge on any atom is -0.449 e. The first-order valence-electron chi connectivity index (χ1n) is 6.28. The van der Waals surface area contributed by atoms with Gasteiger partial charge < -0.3 is 4.42 Å². The number of fused-ring (bicyclic) bond motifs is 1. The van der Waals surface area contributed by atoms with Crippen LogP contribution in [0.1, 0.15) is 30.5 Å². The molecule has 1 aromatic carbocycles. The van der Waals surface area contributed by atoms with E-state index in [0.29, 0.717) is 5.39 Å². The molecule has 0 aliphatic heterocycles. The Balaban J connectivity index is 2.86. The lowest BCUT2D eigenvalue weighted by atomic mass is 10.0. The van der Waals surface area contributed by atoms with Crippen molar-refractivity contribution in [3.05, 3.63) is 39.0 Å². The molecular weight excluding hydrogens is 244 g/mol. The van der Waals surface area contributed by atoms with Crippen molar-refractivity contribution in [2.75, 3.05) is 5.75 Å². The summed E-state index contributed by atoms with van der Waals surface area (Å²) in [6.07, 6.45) is 0.875. The molecule has 0 saturated heterocycles. The highest BCUT2D eigenvalue weighted by Crippen LogP contribution is 2.27. The average Bonchev–Trinajstić information content (AvgIpc) is 2.36. The molecule has 0 aliphatic rings. The van der Waals surface area contributed by atoms with Crippen LogP contribution in [0.15, 0.2) is 26.4 Å². The predicted octanol–water partition coefficient (Wildman–Crippen LogP) is 4.08. The first kappa shape index (κ1) is 13.2. The lowest BCUT2D eigenvalue weighted by molar-refractivity contribution is 0.489. The van der Waals surface area contributed by atoms with Crippen molar-refractivity contribution in [1.29, 1.82) is 0 Å². The lowest BCUT2D eigenvalue weighted by Crippen LogP contribution is -2.08. The van der Waals surface area contributed by atoms with E-state index < -0.39 is 0 Å². The molecule has 0 fully saturated rings. The monoisotopic (exact) mass is 262 g/mol. The number of thioether (sulfide) groups is 1. The highest BCUT2D eigenvalue weighted by molar-refractivity contribution is 7.99. The molecule has 0 saturated carbocycles. The summed E-state index contributed by atoms with van der Waals surface area (Å²) >= 11 is 1.59. The summed E-state index contributed by atoms with van der Waals surface area (Å²) in [5.74, 6) is 0.905. The third kappa shape index (κ3) is 2.19. The SMILES string of the molecule is CCSc1oc2c(CC)cc(C)cc2c(=O)c1C. The van der Waals surface area contributed by atoms with Gasteiger partial charge in [-0.1, -0.05) is 31.7 Å². The van der Waals surface area contributed by atoms with E-state index in [2.05, 4.69) is 19.9 Å². The van der Waals surface area contributed by atoms with Crippen molar-refractivity contribution >= 4 is 22.7 Å².